The summed E-state index contributed by atoms with van der Waals surface area (Å²) in [7, 11) is 2.14. The van der Waals surface area contributed by atoms with Crippen LogP contribution in [0.25, 0.3) is 0 Å². The molecule has 2 fully saturated rings. The molecule has 2 N–H and O–H groups in total. The van der Waals surface area contributed by atoms with Crippen molar-refractivity contribution in [1.82, 2.24) is 10.2 Å². The lowest BCUT2D eigenvalue weighted by Crippen LogP contribution is -2.51. The monoisotopic (exact) mass is 198 g/mol. The summed E-state index contributed by atoms with van der Waals surface area (Å²) in [6.07, 6.45) is 3.83. The first-order valence-electron chi connectivity index (χ1n) is 5.71. The summed E-state index contributed by atoms with van der Waals surface area (Å²) in [6, 6.07) is 0.592. The molecule has 3 heteroatoms. The van der Waals surface area contributed by atoms with Crippen molar-refractivity contribution in [2.45, 2.75) is 37.8 Å². The Morgan fingerprint density at radius 1 is 1.50 bits per heavy atom. The molecule has 14 heavy (non-hydrogen) atoms. The number of hydrogen-bond acceptors (Lipinski definition) is 3. The number of aliphatic hydroxyl groups excluding tert-OH is 1. The zero-order valence-corrected chi connectivity index (χ0v) is 9.29. The van der Waals surface area contributed by atoms with E-state index in [9.17, 15) is 5.11 Å². The van der Waals surface area contributed by atoms with Gasteiger partial charge in [0, 0.05) is 12.6 Å². The van der Waals surface area contributed by atoms with Crippen molar-refractivity contribution in [3.8, 4) is 0 Å². The highest BCUT2D eigenvalue weighted by atomic mass is 16.3. The van der Waals surface area contributed by atoms with Gasteiger partial charge >= 0.3 is 0 Å². The Balaban J connectivity index is 1.88. The van der Waals surface area contributed by atoms with Crippen LogP contribution < -0.4 is 5.32 Å². The third-order valence-electron chi connectivity index (χ3n) is 3.76. The molecule has 0 radical (unpaired) electrons. The van der Waals surface area contributed by atoms with Gasteiger partial charge in [-0.3, -0.25) is 0 Å². The fourth-order valence-electron chi connectivity index (χ4n) is 2.40. The topological polar surface area (TPSA) is 35.5 Å². The molecular weight excluding hydrogens is 176 g/mol. The van der Waals surface area contributed by atoms with Crippen LogP contribution in [0.4, 0.5) is 0 Å². The van der Waals surface area contributed by atoms with E-state index in [1.807, 2.05) is 0 Å². The van der Waals surface area contributed by atoms with Crippen molar-refractivity contribution in [1.29, 1.82) is 0 Å². The third-order valence-corrected chi connectivity index (χ3v) is 3.76. The predicted octanol–water partition coefficient (Wildman–Crippen LogP) is 0.441. The fraction of sp³-hybridized carbons (Fsp3) is 1.00. The van der Waals surface area contributed by atoms with Gasteiger partial charge in [-0.25, -0.2) is 0 Å². The zero-order valence-electron chi connectivity index (χ0n) is 9.29. The minimum atomic E-state index is -0.0171. The molecule has 0 amide bonds. The summed E-state index contributed by atoms with van der Waals surface area (Å²) in [5.41, 5.74) is -0.0171. The molecule has 2 aliphatic rings. The lowest BCUT2D eigenvalue weighted by molar-refractivity contribution is 0.163. The van der Waals surface area contributed by atoms with Gasteiger partial charge in [0.25, 0.3) is 0 Å². The van der Waals surface area contributed by atoms with E-state index in [0.717, 1.165) is 25.4 Å². The average molecular weight is 198 g/mol. The summed E-state index contributed by atoms with van der Waals surface area (Å²) in [5, 5.41) is 13.1. The maximum absolute atomic E-state index is 9.50. The Labute approximate surface area is 86.5 Å². The van der Waals surface area contributed by atoms with E-state index in [1.165, 1.54) is 12.8 Å². The first-order valence-corrected chi connectivity index (χ1v) is 5.71. The average Bonchev–Trinajstić information content (AvgIpc) is 2.93. The van der Waals surface area contributed by atoms with Crippen LogP contribution in [-0.4, -0.2) is 48.3 Å². The number of nitrogens with one attached hydrogen (secondary N) is 1. The molecule has 82 valence electrons. The van der Waals surface area contributed by atoms with Gasteiger partial charge in [-0.2, -0.15) is 0 Å². The van der Waals surface area contributed by atoms with Crippen molar-refractivity contribution < 1.29 is 5.11 Å². The lowest BCUT2D eigenvalue weighted by Gasteiger charge is -2.28. The van der Waals surface area contributed by atoms with Crippen molar-refractivity contribution >= 4 is 0 Å². The third kappa shape index (κ3) is 2.10. The van der Waals surface area contributed by atoms with E-state index in [2.05, 4.69) is 24.2 Å². The van der Waals surface area contributed by atoms with Crippen LogP contribution in [0.1, 0.15) is 26.2 Å². The smallest absolute Gasteiger partial charge is 0.0626 e. The van der Waals surface area contributed by atoms with E-state index in [-0.39, 0.29) is 12.1 Å². The highest BCUT2D eigenvalue weighted by molar-refractivity contribution is 5.00. The van der Waals surface area contributed by atoms with Gasteiger partial charge in [-0.1, -0.05) is 0 Å². The molecule has 2 unspecified atom stereocenters. The highest BCUT2D eigenvalue weighted by Gasteiger charge is 2.40. The molecule has 0 spiro atoms. The molecule has 1 saturated heterocycles. The number of aliphatic hydroxyl groups is 1. The molecule has 1 aliphatic heterocycles. The molecule has 2 rings (SSSR count). The quantitative estimate of drug-likeness (QED) is 0.688. The number of rotatable bonds is 4. The van der Waals surface area contributed by atoms with Crippen LogP contribution in [0.3, 0.4) is 0 Å². The molecule has 2 atom stereocenters. The van der Waals surface area contributed by atoms with Crippen LogP contribution >= 0.6 is 0 Å². The second-order valence-corrected chi connectivity index (χ2v) is 5.23. The Morgan fingerprint density at radius 3 is 2.64 bits per heavy atom. The van der Waals surface area contributed by atoms with Crippen molar-refractivity contribution in [2.24, 2.45) is 5.92 Å². The summed E-state index contributed by atoms with van der Waals surface area (Å²) in [6.45, 7) is 4.59. The van der Waals surface area contributed by atoms with Crippen LogP contribution in [-0.2, 0) is 0 Å². The van der Waals surface area contributed by atoms with Crippen LogP contribution in [0.2, 0.25) is 0 Å². The molecular formula is C11H22N2O. The van der Waals surface area contributed by atoms with Crippen LogP contribution in [0.5, 0.6) is 0 Å². The maximum Gasteiger partial charge on any atom is 0.0626 e. The number of likely N-dealkylation sites (N-methyl/N-ethyl adjacent to an activating group) is 1. The molecule has 3 nitrogen and oxygen atoms in total. The summed E-state index contributed by atoms with van der Waals surface area (Å²) in [4.78, 5) is 2.33. The molecule has 1 heterocycles. The summed E-state index contributed by atoms with van der Waals surface area (Å²) >= 11 is 0. The Hall–Kier alpha value is -0.120. The number of likely N-dealkylation sites (tertiary alicyclic amines) is 1. The van der Waals surface area contributed by atoms with Crippen LogP contribution in [0, 0.1) is 5.92 Å². The van der Waals surface area contributed by atoms with Gasteiger partial charge in [-0.05, 0) is 45.7 Å². The molecule has 0 aromatic rings. The standard InChI is InChI=1S/C11H22N2O/c1-9-5-11(8-14,7-13(9)2)12-6-10-3-4-10/h9-10,12,14H,3-8H2,1-2H3. The van der Waals surface area contributed by atoms with Gasteiger partial charge in [-0.15, -0.1) is 0 Å². The lowest BCUT2D eigenvalue weighted by atomic mass is 9.97. The Morgan fingerprint density at radius 2 is 2.21 bits per heavy atom. The summed E-state index contributed by atoms with van der Waals surface area (Å²) in [5.74, 6) is 0.889. The van der Waals surface area contributed by atoms with E-state index in [1.54, 1.807) is 0 Å². The molecule has 1 saturated carbocycles. The molecule has 0 aromatic carbocycles. The summed E-state index contributed by atoms with van der Waals surface area (Å²) < 4.78 is 0. The van der Waals surface area contributed by atoms with E-state index in [4.69, 9.17) is 0 Å². The molecule has 1 aliphatic carbocycles. The van der Waals surface area contributed by atoms with Gasteiger partial charge in [0.15, 0.2) is 0 Å². The molecule has 0 bridgehead atoms. The minimum Gasteiger partial charge on any atom is -0.394 e. The Bertz CT molecular complexity index is 193. The SMILES string of the molecule is CC1CC(CO)(NCC2CC2)CN1C. The predicted molar refractivity (Wildman–Crippen MR) is 57.3 cm³/mol. The Kier molecular flexibility index (Phi) is 2.82. The zero-order chi connectivity index (χ0) is 10.2. The normalized spacial score (nSPS) is 39.2. The maximum atomic E-state index is 9.50. The highest BCUT2D eigenvalue weighted by Crippen LogP contribution is 2.30. The first kappa shape index (κ1) is 10.4. The fourth-order valence-corrected chi connectivity index (χ4v) is 2.40. The van der Waals surface area contributed by atoms with E-state index >= 15 is 0 Å². The van der Waals surface area contributed by atoms with Crippen LogP contribution in [0.15, 0.2) is 0 Å². The van der Waals surface area contributed by atoms with Gasteiger partial charge in [0.1, 0.15) is 0 Å². The van der Waals surface area contributed by atoms with Crippen molar-refractivity contribution in [3.05, 3.63) is 0 Å². The first-order chi connectivity index (χ1) is 6.65. The van der Waals surface area contributed by atoms with Gasteiger partial charge in [0.2, 0.25) is 0 Å². The van der Waals surface area contributed by atoms with Gasteiger partial charge in [0.05, 0.1) is 12.1 Å². The van der Waals surface area contributed by atoms with E-state index in [0.29, 0.717) is 6.04 Å². The van der Waals surface area contributed by atoms with Gasteiger partial charge < -0.3 is 15.3 Å². The number of nitrogens with zero attached hydrogens (tertiary/aromatic N) is 1. The van der Waals surface area contributed by atoms with Crippen molar-refractivity contribution in [2.75, 3.05) is 26.7 Å². The largest absolute Gasteiger partial charge is 0.394 e. The van der Waals surface area contributed by atoms with Crippen molar-refractivity contribution in [3.63, 3.8) is 0 Å². The molecule has 0 aromatic heterocycles. The minimum absolute atomic E-state index is 0.0171. The van der Waals surface area contributed by atoms with E-state index < -0.39 is 0 Å². The second-order valence-electron chi connectivity index (χ2n) is 5.23. The second kappa shape index (κ2) is 3.80. The number of hydrogen-bond donors (Lipinski definition) is 2.